The molecule has 0 amide bonds. The minimum Gasteiger partial charge on any atom is -0.418 e. The molecule has 0 saturated heterocycles. The molecule has 0 fully saturated rings. The van der Waals surface area contributed by atoms with E-state index in [0.29, 0.717) is 0 Å². The van der Waals surface area contributed by atoms with Crippen molar-refractivity contribution in [1.82, 2.24) is 0 Å². The maximum atomic E-state index is 9.75. The summed E-state index contributed by atoms with van der Waals surface area (Å²) in [4.78, 5) is 5.81. The SMILES string of the molecule is CC[NH+]1C(C)=NC(C)=C1C.F[B-](F)(F)F. The zero-order valence-electron chi connectivity index (χ0n) is 9.24. The van der Waals surface area contributed by atoms with Crippen LogP contribution in [-0.2, 0) is 0 Å². The number of allylic oxidation sites excluding steroid dienone is 2. The van der Waals surface area contributed by atoms with Crippen molar-refractivity contribution in [3.63, 3.8) is 0 Å². The summed E-state index contributed by atoms with van der Waals surface area (Å²) >= 11 is 0. The molecule has 1 aliphatic rings. The summed E-state index contributed by atoms with van der Waals surface area (Å²) in [7, 11) is -6.00. The molecule has 7 heteroatoms. The van der Waals surface area contributed by atoms with Crippen LogP contribution in [0, 0.1) is 0 Å². The highest BCUT2D eigenvalue weighted by atomic mass is 19.5. The second-order valence-electron chi connectivity index (χ2n) is 3.23. The van der Waals surface area contributed by atoms with Crippen LogP contribution in [0.5, 0.6) is 0 Å². The average Bonchev–Trinajstić information content (AvgIpc) is 2.23. The summed E-state index contributed by atoms with van der Waals surface area (Å²) in [5.74, 6) is 1.21. The van der Waals surface area contributed by atoms with Gasteiger partial charge in [-0.25, -0.2) is 0 Å². The van der Waals surface area contributed by atoms with Crippen LogP contribution in [0.15, 0.2) is 16.4 Å². The molecule has 1 aliphatic heterocycles. The van der Waals surface area contributed by atoms with Gasteiger partial charge in [0.1, 0.15) is 5.70 Å². The molecule has 1 atom stereocenters. The lowest BCUT2D eigenvalue weighted by Crippen LogP contribution is -3.10. The molecule has 0 aromatic carbocycles. The maximum Gasteiger partial charge on any atom is 0.673 e. The zero-order chi connectivity index (χ0) is 12.2. The molecule has 0 radical (unpaired) electrons. The lowest BCUT2D eigenvalue weighted by Gasteiger charge is -2.09. The lowest BCUT2D eigenvalue weighted by atomic mass is 10.3. The topological polar surface area (TPSA) is 16.8 Å². The van der Waals surface area contributed by atoms with Gasteiger partial charge in [0, 0.05) is 13.8 Å². The highest BCUT2D eigenvalue weighted by Gasteiger charge is 2.21. The van der Waals surface area contributed by atoms with Gasteiger partial charge >= 0.3 is 7.25 Å². The molecule has 0 bridgehead atoms. The summed E-state index contributed by atoms with van der Waals surface area (Å²) in [6, 6.07) is 0. The molecule has 0 saturated carbocycles. The minimum absolute atomic E-state index is 1.11. The predicted octanol–water partition coefficient (Wildman–Crippen LogP) is 1.87. The maximum absolute atomic E-state index is 9.75. The Balaban J connectivity index is 0.000000336. The largest absolute Gasteiger partial charge is 0.673 e. The third-order valence-electron chi connectivity index (χ3n) is 2.12. The van der Waals surface area contributed by atoms with Crippen molar-refractivity contribution in [2.75, 3.05) is 6.54 Å². The molecule has 2 nitrogen and oxygen atoms in total. The van der Waals surface area contributed by atoms with Crippen LogP contribution in [0.3, 0.4) is 0 Å². The molecule has 1 heterocycles. The van der Waals surface area contributed by atoms with E-state index in [0.717, 1.165) is 6.54 Å². The fraction of sp³-hybridized carbons (Fsp3) is 0.625. The van der Waals surface area contributed by atoms with Gasteiger partial charge in [-0.15, -0.1) is 0 Å². The van der Waals surface area contributed by atoms with E-state index < -0.39 is 7.25 Å². The number of nitrogens with zero attached hydrogens (tertiary/aromatic N) is 1. The van der Waals surface area contributed by atoms with Crippen molar-refractivity contribution in [2.24, 2.45) is 4.99 Å². The molecule has 0 aromatic rings. The molecule has 0 spiro atoms. The number of nitrogens with one attached hydrogen (secondary N) is 1. The Kier molecular flexibility index (Phi) is 5.00. The second-order valence-corrected chi connectivity index (χ2v) is 3.23. The van der Waals surface area contributed by atoms with Gasteiger partial charge in [-0.2, -0.15) is 4.99 Å². The first-order valence-corrected chi connectivity index (χ1v) is 4.63. The van der Waals surface area contributed by atoms with E-state index in [1.54, 1.807) is 0 Å². The van der Waals surface area contributed by atoms with Gasteiger partial charge in [-0.1, -0.05) is 0 Å². The fourth-order valence-corrected chi connectivity index (χ4v) is 1.41. The van der Waals surface area contributed by atoms with Crippen molar-refractivity contribution in [3.8, 4) is 0 Å². The van der Waals surface area contributed by atoms with Crippen molar-refractivity contribution in [1.29, 1.82) is 0 Å². The van der Waals surface area contributed by atoms with Crippen LogP contribution in [0.1, 0.15) is 27.7 Å². The van der Waals surface area contributed by atoms with Crippen LogP contribution >= 0.6 is 0 Å². The van der Waals surface area contributed by atoms with Crippen molar-refractivity contribution < 1.29 is 22.2 Å². The third-order valence-corrected chi connectivity index (χ3v) is 2.12. The Morgan fingerprint density at radius 2 is 1.53 bits per heavy atom. The number of rotatable bonds is 1. The summed E-state index contributed by atoms with van der Waals surface area (Å²) in [6.07, 6.45) is 0. The van der Waals surface area contributed by atoms with E-state index in [9.17, 15) is 17.3 Å². The number of hydrogen-bond donors (Lipinski definition) is 1. The predicted molar refractivity (Wildman–Crippen MR) is 53.2 cm³/mol. The van der Waals surface area contributed by atoms with Crippen LogP contribution in [0.4, 0.5) is 17.3 Å². The van der Waals surface area contributed by atoms with Crippen molar-refractivity contribution in [3.05, 3.63) is 11.4 Å². The zero-order valence-corrected chi connectivity index (χ0v) is 9.24. The van der Waals surface area contributed by atoms with Crippen LogP contribution in [0.25, 0.3) is 0 Å². The van der Waals surface area contributed by atoms with Gasteiger partial charge in [0.2, 0.25) is 5.84 Å². The van der Waals surface area contributed by atoms with Gasteiger partial charge in [0.05, 0.1) is 12.2 Å². The third kappa shape index (κ3) is 5.56. The summed E-state index contributed by atoms with van der Waals surface area (Å²) < 4.78 is 39.0. The van der Waals surface area contributed by atoms with Crippen molar-refractivity contribution in [2.45, 2.75) is 27.7 Å². The number of halogens is 4. The van der Waals surface area contributed by atoms with Crippen LogP contribution in [0.2, 0.25) is 0 Å². The minimum atomic E-state index is -6.00. The standard InChI is InChI=1S/C8H14N2.BF4/c1-5-10-7(3)6(2)9-8(10)4;2-1(3,4)5/h5H2,1-4H3;/q;-1/p+1. The number of quaternary nitrogens is 1. The summed E-state index contributed by atoms with van der Waals surface area (Å²) in [5.41, 5.74) is 2.56. The Morgan fingerprint density at radius 3 is 1.67 bits per heavy atom. The Hall–Kier alpha value is -0.845. The van der Waals surface area contributed by atoms with Crippen molar-refractivity contribution >= 4 is 13.1 Å². The van der Waals surface area contributed by atoms with E-state index in [-0.39, 0.29) is 0 Å². The normalized spacial score (nSPS) is 21.1. The number of aliphatic imine (C=N–C) groups is 1. The first-order valence-electron chi connectivity index (χ1n) is 4.63. The lowest BCUT2D eigenvalue weighted by molar-refractivity contribution is -0.758. The molecule has 1 N–H and O–H groups in total. The molecule has 88 valence electrons. The number of hydrogen-bond acceptors (Lipinski definition) is 1. The molecular formula is C8H15BF4N2. The quantitative estimate of drug-likeness (QED) is 0.519. The van der Waals surface area contributed by atoms with Gasteiger partial charge < -0.3 is 17.3 Å². The summed E-state index contributed by atoms with van der Waals surface area (Å²) in [5, 5.41) is 0. The molecule has 15 heavy (non-hydrogen) atoms. The van der Waals surface area contributed by atoms with E-state index >= 15 is 0 Å². The second kappa shape index (κ2) is 5.30. The van der Waals surface area contributed by atoms with Gasteiger partial charge in [-0.05, 0) is 13.8 Å². The fourth-order valence-electron chi connectivity index (χ4n) is 1.41. The molecule has 0 aromatic heterocycles. The monoisotopic (exact) mass is 226 g/mol. The molecule has 1 unspecified atom stereocenters. The first kappa shape index (κ1) is 14.2. The smallest absolute Gasteiger partial charge is 0.418 e. The van der Waals surface area contributed by atoms with Gasteiger partial charge in [0.25, 0.3) is 0 Å². The average molecular weight is 226 g/mol. The van der Waals surface area contributed by atoms with Crippen LogP contribution < -0.4 is 4.90 Å². The Labute approximate surface area is 86.8 Å². The number of amidine groups is 1. The Morgan fingerprint density at radius 1 is 1.13 bits per heavy atom. The summed E-state index contributed by atoms with van der Waals surface area (Å²) in [6.45, 7) is 9.59. The highest BCUT2D eigenvalue weighted by molar-refractivity contribution is 6.50. The van der Waals surface area contributed by atoms with E-state index in [2.05, 4.69) is 32.7 Å². The van der Waals surface area contributed by atoms with Gasteiger partial charge in [0.15, 0.2) is 0 Å². The van der Waals surface area contributed by atoms with E-state index in [4.69, 9.17) is 0 Å². The van der Waals surface area contributed by atoms with E-state index in [1.165, 1.54) is 22.1 Å². The first-order chi connectivity index (χ1) is 6.66. The molecule has 0 aliphatic carbocycles. The Bertz CT molecular complexity index is 277. The van der Waals surface area contributed by atoms with Gasteiger partial charge in [-0.3, -0.25) is 4.90 Å². The molecular weight excluding hydrogens is 211 g/mol. The van der Waals surface area contributed by atoms with Crippen LogP contribution in [-0.4, -0.2) is 19.6 Å². The highest BCUT2D eigenvalue weighted by Crippen LogP contribution is 2.06. The van der Waals surface area contributed by atoms with E-state index in [1.807, 2.05) is 0 Å². The molecule has 1 rings (SSSR count).